The number of ether oxygens (including phenoxy) is 1. The minimum atomic E-state index is -0.154. The number of benzene rings is 1. The van der Waals surface area contributed by atoms with Crippen molar-refractivity contribution in [1.29, 1.82) is 0 Å². The van der Waals surface area contributed by atoms with Gasteiger partial charge in [-0.2, -0.15) is 0 Å². The summed E-state index contributed by atoms with van der Waals surface area (Å²) in [5.41, 5.74) is 1.51. The van der Waals surface area contributed by atoms with E-state index >= 15 is 0 Å². The van der Waals surface area contributed by atoms with Gasteiger partial charge in [-0.25, -0.2) is 4.98 Å². The van der Waals surface area contributed by atoms with Gasteiger partial charge in [0, 0.05) is 30.3 Å². The fourth-order valence-electron chi connectivity index (χ4n) is 3.14. The summed E-state index contributed by atoms with van der Waals surface area (Å²) in [4.78, 5) is 19.5. The lowest BCUT2D eigenvalue weighted by atomic mass is 10.1. The smallest absolute Gasteiger partial charge is 0.255 e. The number of hydrogen-bond acceptors (Lipinski definition) is 4. The summed E-state index contributed by atoms with van der Waals surface area (Å²) in [5, 5.41) is 2.96. The molecule has 1 aliphatic rings. The quantitative estimate of drug-likeness (QED) is 0.728. The Bertz CT molecular complexity index is 771. The van der Waals surface area contributed by atoms with E-state index in [4.69, 9.17) is 4.74 Å². The van der Waals surface area contributed by atoms with Crippen LogP contribution in [0, 0.1) is 0 Å². The summed E-state index contributed by atoms with van der Waals surface area (Å²) in [5.74, 6) is 1.44. The molecule has 1 fully saturated rings. The van der Waals surface area contributed by atoms with Gasteiger partial charge in [-0.3, -0.25) is 4.79 Å². The van der Waals surface area contributed by atoms with Crippen molar-refractivity contribution in [2.75, 3.05) is 18.0 Å². The lowest BCUT2D eigenvalue weighted by Gasteiger charge is -2.27. The fraction of sp³-hybridized carbons (Fsp3) is 0.429. The van der Waals surface area contributed by atoms with Crippen LogP contribution >= 0.6 is 15.9 Å². The van der Waals surface area contributed by atoms with E-state index < -0.39 is 0 Å². The molecular formula is C21H26BrN3O2. The Labute approximate surface area is 169 Å². The van der Waals surface area contributed by atoms with Gasteiger partial charge < -0.3 is 15.0 Å². The minimum Gasteiger partial charge on any atom is -0.490 e. The first-order chi connectivity index (χ1) is 13.0. The van der Waals surface area contributed by atoms with E-state index in [9.17, 15) is 4.79 Å². The van der Waals surface area contributed by atoms with Crippen molar-refractivity contribution in [3.63, 3.8) is 0 Å². The number of piperidine rings is 1. The Morgan fingerprint density at radius 3 is 2.67 bits per heavy atom. The Balaban J connectivity index is 1.62. The zero-order chi connectivity index (χ0) is 19.2. The fourth-order valence-corrected chi connectivity index (χ4v) is 3.48. The standard InChI is InChI=1S/C21H26BrN3O2/c1-15(2)27-19-12-17(22)7-8-18(19)21(26)24-14-16-6-9-20(23-13-16)25-10-4-3-5-11-25/h6-9,12-13,15H,3-5,10-11,14H2,1-2H3,(H,24,26). The lowest BCUT2D eigenvalue weighted by Crippen LogP contribution is -2.30. The minimum absolute atomic E-state index is 0.00242. The third-order valence-corrected chi connectivity index (χ3v) is 4.99. The molecule has 1 aromatic carbocycles. The summed E-state index contributed by atoms with van der Waals surface area (Å²) in [7, 11) is 0. The maximum Gasteiger partial charge on any atom is 0.255 e. The molecule has 1 N–H and O–H groups in total. The molecule has 0 spiro atoms. The third kappa shape index (κ3) is 5.45. The van der Waals surface area contributed by atoms with Gasteiger partial charge in [-0.15, -0.1) is 0 Å². The second-order valence-electron chi connectivity index (χ2n) is 7.06. The van der Waals surface area contributed by atoms with E-state index in [1.807, 2.05) is 44.3 Å². The molecule has 3 rings (SSSR count). The van der Waals surface area contributed by atoms with Gasteiger partial charge in [0.1, 0.15) is 11.6 Å². The Morgan fingerprint density at radius 1 is 1.22 bits per heavy atom. The molecule has 5 nitrogen and oxygen atoms in total. The van der Waals surface area contributed by atoms with Gasteiger partial charge in [0.25, 0.3) is 5.91 Å². The van der Waals surface area contributed by atoms with E-state index in [2.05, 4.69) is 31.1 Å². The van der Waals surface area contributed by atoms with Crippen LogP contribution in [0.2, 0.25) is 0 Å². The zero-order valence-corrected chi connectivity index (χ0v) is 17.5. The van der Waals surface area contributed by atoms with Gasteiger partial charge >= 0.3 is 0 Å². The molecule has 0 unspecified atom stereocenters. The molecule has 2 aromatic rings. The topological polar surface area (TPSA) is 54.5 Å². The van der Waals surface area contributed by atoms with Crippen molar-refractivity contribution in [3.05, 3.63) is 52.1 Å². The monoisotopic (exact) mass is 431 g/mol. The number of carbonyl (C=O) groups excluding carboxylic acids is 1. The average Bonchev–Trinajstić information content (AvgIpc) is 2.67. The second kappa shape index (κ2) is 9.22. The molecule has 0 aliphatic carbocycles. The van der Waals surface area contributed by atoms with Gasteiger partial charge in [0.2, 0.25) is 0 Å². The highest BCUT2D eigenvalue weighted by Crippen LogP contribution is 2.25. The number of anilines is 1. The van der Waals surface area contributed by atoms with Crippen molar-refractivity contribution >= 4 is 27.7 Å². The molecule has 0 bridgehead atoms. The lowest BCUT2D eigenvalue weighted by molar-refractivity contribution is 0.0945. The van der Waals surface area contributed by atoms with Gasteiger partial charge in [0.15, 0.2) is 0 Å². The first-order valence-corrected chi connectivity index (χ1v) is 10.3. The van der Waals surface area contributed by atoms with Crippen LogP contribution in [0.1, 0.15) is 49.0 Å². The van der Waals surface area contributed by atoms with Gasteiger partial charge in [-0.1, -0.05) is 22.0 Å². The van der Waals surface area contributed by atoms with E-state index in [1.54, 1.807) is 6.07 Å². The molecule has 2 heterocycles. The molecule has 144 valence electrons. The highest BCUT2D eigenvalue weighted by molar-refractivity contribution is 9.10. The van der Waals surface area contributed by atoms with E-state index in [1.165, 1.54) is 19.3 Å². The predicted octanol–water partition coefficient (Wildman–Crippen LogP) is 4.55. The molecule has 1 saturated heterocycles. The predicted molar refractivity (Wildman–Crippen MR) is 111 cm³/mol. The summed E-state index contributed by atoms with van der Waals surface area (Å²) in [6.45, 7) is 6.47. The van der Waals surface area contributed by atoms with E-state index in [0.717, 1.165) is 28.9 Å². The molecule has 6 heteroatoms. The van der Waals surface area contributed by atoms with Gasteiger partial charge in [-0.05, 0) is 62.9 Å². The maximum atomic E-state index is 12.6. The van der Waals surface area contributed by atoms with Crippen molar-refractivity contribution < 1.29 is 9.53 Å². The summed E-state index contributed by atoms with van der Waals surface area (Å²) in [6.07, 6.45) is 5.61. The summed E-state index contributed by atoms with van der Waals surface area (Å²) >= 11 is 3.43. The normalized spacial score (nSPS) is 14.3. The SMILES string of the molecule is CC(C)Oc1cc(Br)ccc1C(=O)NCc1ccc(N2CCCCC2)nc1. The molecule has 1 aliphatic heterocycles. The Morgan fingerprint density at radius 2 is 2.00 bits per heavy atom. The van der Waals surface area contributed by atoms with Crippen LogP contribution in [0.25, 0.3) is 0 Å². The second-order valence-corrected chi connectivity index (χ2v) is 7.98. The van der Waals surface area contributed by atoms with Crippen LogP contribution in [0.15, 0.2) is 41.0 Å². The number of nitrogens with zero attached hydrogens (tertiary/aromatic N) is 2. The highest BCUT2D eigenvalue weighted by Gasteiger charge is 2.15. The average molecular weight is 432 g/mol. The Kier molecular flexibility index (Phi) is 6.72. The van der Waals surface area contributed by atoms with Gasteiger partial charge in [0.05, 0.1) is 11.7 Å². The first kappa shape index (κ1) is 19.7. The van der Waals surface area contributed by atoms with Crippen LogP contribution in [0.3, 0.4) is 0 Å². The number of nitrogens with one attached hydrogen (secondary N) is 1. The number of amides is 1. The van der Waals surface area contributed by atoms with E-state index in [-0.39, 0.29) is 12.0 Å². The molecular weight excluding hydrogens is 406 g/mol. The molecule has 1 aromatic heterocycles. The number of halogens is 1. The molecule has 0 radical (unpaired) electrons. The van der Waals surface area contributed by atoms with Crippen LogP contribution in [0.5, 0.6) is 5.75 Å². The van der Waals surface area contributed by atoms with Crippen molar-refractivity contribution in [2.24, 2.45) is 0 Å². The van der Waals surface area contributed by atoms with Crippen molar-refractivity contribution in [2.45, 2.75) is 45.8 Å². The number of pyridine rings is 1. The number of carbonyl (C=O) groups is 1. The highest BCUT2D eigenvalue weighted by atomic mass is 79.9. The maximum absolute atomic E-state index is 12.6. The third-order valence-electron chi connectivity index (χ3n) is 4.49. The number of aromatic nitrogens is 1. The molecule has 27 heavy (non-hydrogen) atoms. The zero-order valence-electron chi connectivity index (χ0n) is 15.9. The largest absolute Gasteiger partial charge is 0.490 e. The van der Waals surface area contributed by atoms with Crippen LogP contribution < -0.4 is 15.0 Å². The van der Waals surface area contributed by atoms with Crippen LogP contribution in [-0.4, -0.2) is 30.1 Å². The summed E-state index contributed by atoms with van der Waals surface area (Å²) in [6, 6.07) is 9.51. The molecule has 0 atom stereocenters. The number of rotatable bonds is 6. The van der Waals surface area contributed by atoms with Crippen molar-refractivity contribution in [1.82, 2.24) is 10.3 Å². The first-order valence-electron chi connectivity index (χ1n) is 9.47. The van der Waals surface area contributed by atoms with Crippen molar-refractivity contribution in [3.8, 4) is 5.75 Å². The summed E-state index contributed by atoms with van der Waals surface area (Å²) < 4.78 is 6.66. The Hall–Kier alpha value is -2.08. The molecule has 1 amide bonds. The van der Waals surface area contributed by atoms with Crippen LogP contribution in [0.4, 0.5) is 5.82 Å². The number of hydrogen-bond donors (Lipinski definition) is 1. The van der Waals surface area contributed by atoms with Crippen LogP contribution in [-0.2, 0) is 6.54 Å². The molecule has 0 saturated carbocycles. The van der Waals surface area contributed by atoms with E-state index in [0.29, 0.717) is 17.9 Å².